The first-order valence-corrected chi connectivity index (χ1v) is 19.5. The van der Waals surface area contributed by atoms with E-state index in [4.69, 9.17) is 4.42 Å². The molecule has 0 bridgehead atoms. The molecule has 1 fully saturated rings. The number of nitrogens with zero attached hydrogens (tertiary/aromatic N) is 3. The van der Waals surface area contributed by atoms with E-state index >= 15 is 0 Å². The number of hydrogen-bond donors (Lipinski definition) is 0. The molecule has 233 valence electrons. The van der Waals surface area contributed by atoms with E-state index in [9.17, 15) is 0 Å². The molecule has 0 amide bonds. The molecule has 6 heteroatoms. The molecule has 1 aliphatic carbocycles. The van der Waals surface area contributed by atoms with Gasteiger partial charge in [-0.05, 0) is 53.5 Å². The number of aryl methyl sites for hydroxylation is 1. The summed E-state index contributed by atoms with van der Waals surface area (Å²) in [5.74, 6) is 0.814. The van der Waals surface area contributed by atoms with Gasteiger partial charge in [0.05, 0.1) is 13.7 Å². The average Bonchev–Trinajstić information content (AvgIpc) is 3.44. The molecule has 6 aromatic rings. The Hall–Kier alpha value is -3.44. The Labute approximate surface area is 282 Å². The van der Waals surface area contributed by atoms with E-state index in [1.807, 2.05) is 48.7 Å². The number of fused-ring (bicyclic) bond motifs is 3. The van der Waals surface area contributed by atoms with Crippen molar-refractivity contribution in [3.63, 3.8) is 0 Å². The second-order valence-corrected chi connectivity index (χ2v) is 18.0. The number of hydrogen-bond acceptors (Lipinski definition) is 4. The van der Waals surface area contributed by atoms with Crippen LogP contribution < -0.4 is 5.19 Å². The summed E-state index contributed by atoms with van der Waals surface area (Å²) in [5.41, 5.74) is 8.26. The van der Waals surface area contributed by atoms with Crippen molar-refractivity contribution in [2.75, 3.05) is 0 Å². The van der Waals surface area contributed by atoms with Gasteiger partial charge in [0.15, 0.2) is 0 Å². The SMILES string of the molecule is CCc1cc(-c2[c-]cccc2)ncc1[Si](C)(C)C.[Ir].[c-]1ccc2c(oc3ncccc32)c1-c1cc(CC2CCCCC2)ccn1. The van der Waals surface area contributed by atoms with Crippen LogP contribution in [0.4, 0.5) is 0 Å². The third-order valence-electron chi connectivity index (χ3n) is 8.70. The molecule has 0 saturated heterocycles. The van der Waals surface area contributed by atoms with Crippen LogP contribution in [0.25, 0.3) is 44.6 Å². The van der Waals surface area contributed by atoms with Crippen LogP contribution in [-0.4, -0.2) is 23.0 Å². The predicted octanol–water partition coefficient (Wildman–Crippen LogP) is 9.62. The Kier molecular flexibility index (Phi) is 10.8. The summed E-state index contributed by atoms with van der Waals surface area (Å²) in [6.45, 7) is 9.34. The van der Waals surface area contributed by atoms with Crippen molar-refractivity contribution in [3.05, 3.63) is 109 Å². The number of furan rings is 1. The second kappa shape index (κ2) is 14.8. The van der Waals surface area contributed by atoms with Gasteiger partial charge in [-0.25, -0.2) is 4.98 Å². The van der Waals surface area contributed by atoms with Crippen LogP contribution in [-0.2, 0) is 32.9 Å². The monoisotopic (exact) mass is 788 g/mol. The van der Waals surface area contributed by atoms with Gasteiger partial charge in [0, 0.05) is 44.1 Å². The average molecular weight is 788 g/mol. The summed E-state index contributed by atoms with van der Waals surface area (Å²) in [6.07, 6.45) is 14.8. The topological polar surface area (TPSA) is 51.8 Å². The van der Waals surface area contributed by atoms with Crippen LogP contribution in [0.15, 0.2) is 89.7 Å². The predicted molar refractivity (Wildman–Crippen MR) is 185 cm³/mol. The minimum atomic E-state index is -1.30. The Morgan fingerprint density at radius 3 is 2.42 bits per heavy atom. The van der Waals surface area contributed by atoms with E-state index in [0.29, 0.717) is 5.71 Å². The zero-order valence-corrected chi connectivity index (χ0v) is 30.1. The van der Waals surface area contributed by atoms with E-state index in [-0.39, 0.29) is 20.1 Å². The summed E-state index contributed by atoms with van der Waals surface area (Å²) in [5, 5.41) is 3.59. The molecule has 0 unspecified atom stereocenters. The fraction of sp³-hybridized carbons (Fsp3) is 0.308. The van der Waals surface area contributed by atoms with Crippen LogP contribution in [0.5, 0.6) is 0 Å². The van der Waals surface area contributed by atoms with Gasteiger partial charge >= 0.3 is 0 Å². The first kappa shape index (κ1) is 32.9. The van der Waals surface area contributed by atoms with E-state index in [1.165, 1.54) is 48.4 Å². The molecule has 4 heterocycles. The Morgan fingerprint density at radius 2 is 1.67 bits per heavy atom. The van der Waals surface area contributed by atoms with Crippen molar-refractivity contribution < 1.29 is 24.5 Å². The maximum absolute atomic E-state index is 6.05. The molecule has 45 heavy (non-hydrogen) atoms. The van der Waals surface area contributed by atoms with Crippen molar-refractivity contribution in [1.29, 1.82) is 0 Å². The van der Waals surface area contributed by atoms with E-state index in [2.05, 4.69) is 84.1 Å². The molecule has 1 aliphatic rings. The Morgan fingerprint density at radius 1 is 0.822 bits per heavy atom. The van der Waals surface area contributed by atoms with Crippen molar-refractivity contribution in [1.82, 2.24) is 15.0 Å². The molecule has 2 aromatic carbocycles. The van der Waals surface area contributed by atoms with Gasteiger partial charge in [-0.3, -0.25) is 0 Å². The van der Waals surface area contributed by atoms with Crippen LogP contribution >= 0.6 is 0 Å². The second-order valence-electron chi connectivity index (χ2n) is 12.9. The summed E-state index contributed by atoms with van der Waals surface area (Å²) < 4.78 is 6.05. The zero-order chi connectivity index (χ0) is 30.5. The van der Waals surface area contributed by atoms with E-state index in [0.717, 1.165) is 57.6 Å². The minimum Gasteiger partial charge on any atom is -0.486 e. The first-order chi connectivity index (χ1) is 21.4. The Bertz CT molecular complexity index is 1860. The van der Waals surface area contributed by atoms with Crippen LogP contribution in [0.1, 0.15) is 50.2 Å². The molecule has 0 spiro atoms. The third-order valence-corrected chi connectivity index (χ3v) is 10.8. The van der Waals surface area contributed by atoms with Gasteiger partial charge in [-0.1, -0.05) is 92.9 Å². The maximum Gasteiger partial charge on any atom is 0.216 e. The normalized spacial score (nSPS) is 13.7. The van der Waals surface area contributed by atoms with Crippen molar-refractivity contribution in [2.45, 2.75) is 71.5 Å². The fourth-order valence-electron chi connectivity index (χ4n) is 6.39. The van der Waals surface area contributed by atoms with Gasteiger partial charge in [0.25, 0.3) is 0 Å². The number of rotatable bonds is 6. The van der Waals surface area contributed by atoms with Gasteiger partial charge in [-0.2, -0.15) is 0 Å². The molecule has 1 saturated carbocycles. The molecule has 1 radical (unpaired) electrons. The Balaban J connectivity index is 0.000000186. The smallest absolute Gasteiger partial charge is 0.216 e. The molecule has 0 N–H and O–H groups in total. The number of aromatic nitrogens is 3. The number of benzene rings is 2. The molecule has 0 atom stereocenters. The fourth-order valence-corrected chi connectivity index (χ4v) is 8.06. The van der Waals surface area contributed by atoms with Gasteiger partial charge in [0.2, 0.25) is 5.71 Å². The van der Waals surface area contributed by atoms with Crippen LogP contribution in [0.2, 0.25) is 19.6 Å². The molecule has 0 aliphatic heterocycles. The van der Waals surface area contributed by atoms with Gasteiger partial charge in [-0.15, -0.1) is 54.1 Å². The molecular formula is C39H41IrN3OSi-2. The quantitative estimate of drug-likeness (QED) is 0.125. The van der Waals surface area contributed by atoms with E-state index < -0.39 is 8.07 Å². The van der Waals surface area contributed by atoms with Crippen LogP contribution in [0, 0.1) is 18.1 Å². The third kappa shape index (κ3) is 7.69. The van der Waals surface area contributed by atoms with Crippen molar-refractivity contribution in [3.8, 4) is 22.5 Å². The molecule has 4 aromatic heterocycles. The molecule has 4 nitrogen and oxygen atoms in total. The summed E-state index contributed by atoms with van der Waals surface area (Å²) in [4.78, 5) is 13.6. The number of pyridine rings is 3. The molecule has 7 rings (SSSR count). The summed E-state index contributed by atoms with van der Waals surface area (Å²) in [7, 11) is -1.30. The summed E-state index contributed by atoms with van der Waals surface area (Å²) >= 11 is 0. The standard InChI is InChI=1S/C23H21N2O.C16H20NSi.Ir/c1-2-6-16(7-3-1)14-17-11-13-24-21(15-17)20-9-4-8-18-19-10-5-12-25-23(19)26-22(18)20;1-5-13-11-15(14-9-7-6-8-10-14)17-12-16(13)18(2,3)4;/h4-5,8,10-13,15-16H,1-3,6-7,14H2;6-9,11-12H,5H2,1-4H3;/q2*-1;. The van der Waals surface area contributed by atoms with Crippen molar-refractivity contribution >= 4 is 35.3 Å². The van der Waals surface area contributed by atoms with Gasteiger partial charge < -0.3 is 14.4 Å². The maximum atomic E-state index is 6.05. The van der Waals surface area contributed by atoms with Crippen LogP contribution in [0.3, 0.4) is 0 Å². The zero-order valence-electron chi connectivity index (χ0n) is 26.7. The van der Waals surface area contributed by atoms with E-state index in [1.54, 1.807) is 6.20 Å². The van der Waals surface area contributed by atoms with Gasteiger partial charge in [0.1, 0.15) is 0 Å². The largest absolute Gasteiger partial charge is 0.486 e. The minimum absolute atomic E-state index is 0. The summed E-state index contributed by atoms with van der Waals surface area (Å²) in [6, 6.07) is 29.2. The van der Waals surface area contributed by atoms with Crippen molar-refractivity contribution in [2.24, 2.45) is 5.92 Å². The first-order valence-electron chi connectivity index (χ1n) is 16.0. The molecular weight excluding hydrogens is 747 g/mol.